The molecule has 4 aliphatic heterocycles. The number of aryl methyl sites for hydroxylation is 2. The fourth-order valence-electron chi connectivity index (χ4n) is 7.20. The SMILES string of the molecule is CCCN1CC=C[C@H]2O[C@]34C=CCN(c5c(C)cccc5C)C(=O)C3N([C@@H](CO)[C@@H](C)CC)C(=O)[C@@H]4[C@H]2C1=O. The number of fused-ring (bicyclic) bond motifs is 2. The molecule has 3 amide bonds. The molecule has 4 heterocycles. The molecule has 1 unspecified atom stereocenters. The number of para-hydroxylation sites is 1. The van der Waals surface area contributed by atoms with Gasteiger partial charge in [0.05, 0.1) is 30.6 Å². The highest BCUT2D eigenvalue weighted by Gasteiger charge is 2.72. The van der Waals surface area contributed by atoms with Crippen LogP contribution < -0.4 is 4.90 Å². The first kappa shape index (κ1) is 27.6. The van der Waals surface area contributed by atoms with Crippen molar-refractivity contribution in [2.45, 2.75) is 71.2 Å². The van der Waals surface area contributed by atoms with Gasteiger partial charge < -0.3 is 24.5 Å². The molecule has 1 N–H and O–H groups in total. The van der Waals surface area contributed by atoms with Gasteiger partial charge in [0.25, 0.3) is 5.91 Å². The van der Waals surface area contributed by atoms with Crippen molar-refractivity contribution in [1.82, 2.24) is 9.80 Å². The standard InChI is InChI=1S/C31H41N3O5/c1-6-15-32-16-9-13-23-24(28(32)36)25-29(37)34(22(18-35)19(3)7-2)27-30(38)33(17-10-14-31(25,27)39-23)26-20(4)11-8-12-21(26)5/h8-14,19,22-25,27,35H,6-7,15-18H2,1-5H3/t19-,22-,23+,24-,25-,27?,31-/m0/s1. The summed E-state index contributed by atoms with van der Waals surface area (Å²) in [7, 11) is 0. The smallest absolute Gasteiger partial charge is 0.253 e. The van der Waals surface area contributed by atoms with Gasteiger partial charge in [0.15, 0.2) is 0 Å². The number of benzene rings is 1. The summed E-state index contributed by atoms with van der Waals surface area (Å²) >= 11 is 0. The number of aliphatic hydroxyl groups excluding tert-OH is 1. The number of likely N-dealkylation sites (tertiary alicyclic amines) is 1. The Morgan fingerprint density at radius 1 is 1.05 bits per heavy atom. The summed E-state index contributed by atoms with van der Waals surface area (Å²) in [5.74, 6) is -2.26. The Labute approximate surface area is 231 Å². The van der Waals surface area contributed by atoms with Crippen LogP contribution in [-0.4, -0.2) is 82.7 Å². The molecule has 2 fully saturated rings. The minimum atomic E-state index is -1.30. The highest BCUT2D eigenvalue weighted by atomic mass is 16.5. The highest BCUT2D eigenvalue weighted by molar-refractivity contribution is 6.06. The number of ether oxygens (including phenoxy) is 1. The van der Waals surface area contributed by atoms with Gasteiger partial charge in [-0.3, -0.25) is 14.4 Å². The first-order valence-corrected chi connectivity index (χ1v) is 14.3. The highest BCUT2D eigenvalue weighted by Crippen LogP contribution is 2.54. The van der Waals surface area contributed by atoms with Crippen LogP contribution in [0, 0.1) is 31.6 Å². The molecular weight excluding hydrogens is 494 g/mol. The number of anilines is 1. The third-order valence-electron chi connectivity index (χ3n) is 9.23. The molecule has 7 atom stereocenters. The second-order valence-corrected chi connectivity index (χ2v) is 11.5. The van der Waals surface area contributed by atoms with E-state index in [2.05, 4.69) is 0 Å². The summed E-state index contributed by atoms with van der Waals surface area (Å²) in [5, 5.41) is 10.6. The van der Waals surface area contributed by atoms with E-state index in [1.165, 1.54) is 0 Å². The van der Waals surface area contributed by atoms with E-state index in [0.717, 1.165) is 29.7 Å². The number of aliphatic hydroxyl groups is 1. The number of amides is 3. The lowest BCUT2D eigenvalue weighted by atomic mass is 9.77. The summed E-state index contributed by atoms with van der Waals surface area (Å²) in [4.78, 5) is 48.2. The van der Waals surface area contributed by atoms with Gasteiger partial charge in [0.2, 0.25) is 11.8 Å². The summed E-state index contributed by atoms with van der Waals surface area (Å²) in [6, 6.07) is 4.35. The molecule has 1 spiro atoms. The monoisotopic (exact) mass is 535 g/mol. The van der Waals surface area contributed by atoms with Crippen LogP contribution in [0.4, 0.5) is 5.69 Å². The molecule has 8 heteroatoms. The third-order valence-corrected chi connectivity index (χ3v) is 9.23. The van der Waals surface area contributed by atoms with Crippen LogP contribution in [0.5, 0.6) is 0 Å². The molecule has 8 nitrogen and oxygen atoms in total. The molecular formula is C31H41N3O5. The zero-order valence-corrected chi connectivity index (χ0v) is 23.7. The Morgan fingerprint density at radius 2 is 1.77 bits per heavy atom. The molecule has 0 aliphatic carbocycles. The average Bonchev–Trinajstić information content (AvgIpc) is 3.23. The number of nitrogens with zero attached hydrogens (tertiary/aromatic N) is 3. The first-order chi connectivity index (χ1) is 18.7. The van der Waals surface area contributed by atoms with Crippen molar-refractivity contribution in [3.8, 4) is 0 Å². The van der Waals surface area contributed by atoms with Crippen molar-refractivity contribution < 1.29 is 24.2 Å². The van der Waals surface area contributed by atoms with E-state index in [1.54, 1.807) is 14.7 Å². The molecule has 39 heavy (non-hydrogen) atoms. The summed E-state index contributed by atoms with van der Waals surface area (Å²) in [5.41, 5.74) is 1.45. The van der Waals surface area contributed by atoms with Crippen LogP contribution in [0.3, 0.4) is 0 Å². The van der Waals surface area contributed by atoms with Gasteiger partial charge in [-0.15, -0.1) is 0 Å². The van der Waals surface area contributed by atoms with Crippen LogP contribution in [0.1, 0.15) is 44.7 Å². The van der Waals surface area contributed by atoms with Gasteiger partial charge >= 0.3 is 0 Å². The molecule has 0 aromatic heterocycles. The lowest BCUT2D eigenvalue weighted by Gasteiger charge is -2.40. The topological polar surface area (TPSA) is 90.4 Å². The van der Waals surface area contributed by atoms with Crippen molar-refractivity contribution in [2.24, 2.45) is 17.8 Å². The molecule has 4 aliphatic rings. The van der Waals surface area contributed by atoms with Gasteiger partial charge in [-0.2, -0.15) is 0 Å². The zero-order chi connectivity index (χ0) is 28.1. The molecule has 0 radical (unpaired) electrons. The predicted molar refractivity (Wildman–Crippen MR) is 149 cm³/mol. The number of hydrogen-bond acceptors (Lipinski definition) is 5. The summed E-state index contributed by atoms with van der Waals surface area (Å²) in [6.07, 6.45) is 8.55. The van der Waals surface area contributed by atoms with Gasteiger partial charge in [-0.25, -0.2) is 0 Å². The quantitative estimate of drug-likeness (QED) is 0.542. The fourth-order valence-corrected chi connectivity index (χ4v) is 7.20. The maximum absolute atomic E-state index is 14.7. The molecule has 2 saturated heterocycles. The van der Waals surface area contributed by atoms with Crippen molar-refractivity contribution >= 4 is 23.4 Å². The molecule has 1 aromatic rings. The van der Waals surface area contributed by atoms with Crippen molar-refractivity contribution in [1.29, 1.82) is 0 Å². The van der Waals surface area contributed by atoms with Crippen LogP contribution in [0.2, 0.25) is 0 Å². The number of rotatable bonds is 7. The minimum Gasteiger partial charge on any atom is -0.394 e. The Hall–Kier alpha value is -2.97. The van der Waals surface area contributed by atoms with E-state index in [1.807, 2.05) is 77.1 Å². The second-order valence-electron chi connectivity index (χ2n) is 11.5. The van der Waals surface area contributed by atoms with Crippen molar-refractivity contribution in [3.05, 3.63) is 53.6 Å². The maximum atomic E-state index is 14.7. The summed E-state index contributed by atoms with van der Waals surface area (Å²) in [6.45, 7) is 11.1. The molecule has 210 valence electrons. The fraction of sp³-hybridized carbons (Fsp3) is 0.581. The Balaban J connectivity index is 1.67. The minimum absolute atomic E-state index is 0.0550. The van der Waals surface area contributed by atoms with E-state index in [9.17, 15) is 19.5 Å². The maximum Gasteiger partial charge on any atom is 0.253 e. The summed E-state index contributed by atoms with van der Waals surface area (Å²) < 4.78 is 6.75. The van der Waals surface area contributed by atoms with Crippen LogP contribution in [0.25, 0.3) is 0 Å². The van der Waals surface area contributed by atoms with E-state index in [-0.39, 0.29) is 30.2 Å². The van der Waals surface area contributed by atoms with E-state index in [0.29, 0.717) is 19.6 Å². The van der Waals surface area contributed by atoms with E-state index < -0.39 is 35.6 Å². The van der Waals surface area contributed by atoms with Gasteiger partial charge in [-0.1, -0.05) is 69.7 Å². The van der Waals surface area contributed by atoms with Gasteiger partial charge in [0, 0.05) is 25.3 Å². The van der Waals surface area contributed by atoms with Gasteiger partial charge in [-0.05, 0) is 37.3 Å². The van der Waals surface area contributed by atoms with Crippen molar-refractivity contribution in [3.63, 3.8) is 0 Å². The number of carbonyl (C=O) groups excluding carboxylic acids is 3. The molecule has 0 bridgehead atoms. The number of carbonyl (C=O) groups is 3. The van der Waals surface area contributed by atoms with E-state index >= 15 is 0 Å². The van der Waals surface area contributed by atoms with Crippen LogP contribution in [0.15, 0.2) is 42.5 Å². The number of hydrogen-bond donors (Lipinski definition) is 1. The van der Waals surface area contributed by atoms with E-state index in [4.69, 9.17) is 4.74 Å². The van der Waals surface area contributed by atoms with Gasteiger partial charge in [0.1, 0.15) is 11.6 Å². The Morgan fingerprint density at radius 3 is 2.41 bits per heavy atom. The molecule has 1 aromatic carbocycles. The lowest BCUT2D eigenvalue weighted by Crippen LogP contribution is -2.59. The van der Waals surface area contributed by atoms with Crippen LogP contribution in [-0.2, 0) is 19.1 Å². The molecule has 5 rings (SSSR count). The lowest BCUT2D eigenvalue weighted by molar-refractivity contribution is -0.148. The average molecular weight is 536 g/mol. The first-order valence-electron chi connectivity index (χ1n) is 14.3. The van der Waals surface area contributed by atoms with Crippen LogP contribution >= 0.6 is 0 Å². The largest absolute Gasteiger partial charge is 0.394 e. The second kappa shape index (κ2) is 10.5. The Bertz CT molecular complexity index is 1190. The third kappa shape index (κ3) is 4.14. The zero-order valence-electron chi connectivity index (χ0n) is 23.7. The molecule has 0 saturated carbocycles. The Kier molecular flexibility index (Phi) is 7.46. The predicted octanol–water partition coefficient (Wildman–Crippen LogP) is 3.00. The normalized spacial score (nSPS) is 31.6. The van der Waals surface area contributed by atoms with Crippen molar-refractivity contribution in [2.75, 3.05) is 31.1 Å².